The summed E-state index contributed by atoms with van der Waals surface area (Å²) in [5.74, 6) is 0. The maximum atomic E-state index is 11.4. The van der Waals surface area contributed by atoms with Crippen LogP contribution in [0.1, 0.15) is 0 Å². The Hall–Kier alpha value is -2.30. The SMILES string of the molecule is O=C(O)Nc1cccc2c1ccc[n+]2[O-]. The first kappa shape index (κ1) is 9.26. The van der Waals surface area contributed by atoms with Crippen molar-refractivity contribution in [1.29, 1.82) is 0 Å². The van der Waals surface area contributed by atoms with Crippen LogP contribution < -0.4 is 10.0 Å². The predicted molar refractivity (Wildman–Crippen MR) is 54.6 cm³/mol. The van der Waals surface area contributed by atoms with E-state index in [1.807, 2.05) is 0 Å². The Balaban J connectivity index is 2.65. The summed E-state index contributed by atoms with van der Waals surface area (Å²) >= 11 is 0. The van der Waals surface area contributed by atoms with Crippen LogP contribution in [-0.4, -0.2) is 11.2 Å². The fourth-order valence-electron chi connectivity index (χ4n) is 1.44. The Morgan fingerprint density at radius 3 is 2.87 bits per heavy atom. The minimum Gasteiger partial charge on any atom is -0.618 e. The zero-order valence-corrected chi connectivity index (χ0v) is 7.68. The number of nitrogens with one attached hydrogen (secondary N) is 1. The topological polar surface area (TPSA) is 76.3 Å². The van der Waals surface area contributed by atoms with Gasteiger partial charge in [0, 0.05) is 12.1 Å². The summed E-state index contributed by atoms with van der Waals surface area (Å²) in [5.41, 5.74) is 0.842. The van der Waals surface area contributed by atoms with Gasteiger partial charge in [-0.1, -0.05) is 6.07 Å². The van der Waals surface area contributed by atoms with Crippen LogP contribution in [0.2, 0.25) is 0 Å². The van der Waals surface area contributed by atoms with Crippen LogP contribution in [0.15, 0.2) is 36.5 Å². The molecule has 0 saturated carbocycles. The summed E-state index contributed by atoms with van der Waals surface area (Å²) in [4.78, 5) is 10.5. The number of anilines is 1. The van der Waals surface area contributed by atoms with E-state index in [1.165, 1.54) is 6.20 Å². The molecular formula is C10H8N2O3. The largest absolute Gasteiger partial charge is 0.618 e. The smallest absolute Gasteiger partial charge is 0.409 e. The van der Waals surface area contributed by atoms with Crippen molar-refractivity contribution in [2.45, 2.75) is 0 Å². The number of carbonyl (C=O) groups is 1. The molecule has 0 bridgehead atoms. The molecule has 2 rings (SSSR count). The maximum absolute atomic E-state index is 11.4. The number of pyridine rings is 1. The second kappa shape index (κ2) is 3.45. The summed E-state index contributed by atoms with van der Waals surface area (Å²) in [6.07, 6.45) is 0.219. The number of rotatable bonds is 1. The number of benzene rings is 1. The van der Waals surface area contributed by atoms with Crippen molar-refractivity contribution >= 4 is 22.7 Å². The van der Waals surface area contributed by atoms with E-state index in [2.05, 4.69) is 5.32 Å². The van der Waals surface area contributed by atoms with Crippen molar-refractivity contribution < 1.29 is 14.6 Å². The van der Waals surface area contributed by atoms with Gasteiger partial charge in [-0.15, -0.1) is 0 Å². The van der Waals surface area contributed by atoms with E-state index >= 15 is 0 Å². The van der Waals surface area contributed by atoms with Gasteiger partial charge in [0.2, 0.25) is 5.52 Å². The van der Waals surface area contributed by atoms with Gasteiger partial charge in [0.15, 0.2) is 6.20 Å². The Morgan fingerprint density at radius 1 is 1.33 bits per heavy atom. The Kier molecular flexibility index (Phi) is 2.13. The molecule has 0 aliphatic heterocycles. The standard InChI is InChI=1S/C10H8N2O3/c13-10(14)11-8-4-1-5-9-7(8)3-2-6-12(9)15/h1-6,11H,(H,13,14). The molecule has 15 heavy (non-hydrogen) atoms. The molecule has 0 fully saturated rings. The van der Waals surface area contributed by atoms with Gasteiger partial charge in [0.05, 0.1) is 11.1 Å². The van der Waals surface area contributed by atoms with Crippen molar-refractivity contribution in [3.8, 4) is 0 Å². The van der Waals surface area contributed by atoms with Crippen molar-refractivity contribution in [3.05, 3.63) is 41.7 Å². The Labute approximate surface area is 85.2 Å². The lowest BCUT2D eigenvalue weighted by Crippen LogP contribution is -2.26. The number of hydrogen-bond donors (Lipinski definition) is 2. The third-order valence-corrected chi connectivity index (χ3v) is 2.05. The molecule has 0 radical (unpaired) electrons. The summed E-state index contributed by atoms with van der Waals surface area (Å²) in [5, 5.41) is 22.8. The van der Waals surface area contributed by atoms with Gasteiger partial charge in [-0.05, 0) is 12.1 Å². The minimum absolute atomic E-state index is 0.408. The van der Waals surface area contributed by atoms with Gasteiger partial charge < -0.3 is 10.3 Å². The van der Waals surface area contributed by atoms with Crippen molar-refractivity contribution in [1.82, 2.24) is 0 Å². The summed E-state index contributed by atoms with van der Waals surface area (Å²) in [6, 6.07) is 8.13. The fraction of sp³-hybridized carbons (Fsp3) is 0. The van der Waals surface area contributed by atoms with Gasteiger partial charge in [0.25, 0.3) is 0 Å². The number of carboxylic acid groups (broad SMARTS) is 1. The highest BCUT2D eigenvalue weighted by atomic mass is 16.5. The average Bonchev–Trinajstić information content (AvgIpc) is 2.19. The van der Waals surface area contributed by atoms with E-state index in [9.17, 15) is 10.0 Å². The molecule has 0 unspecified atom stereocenters. The number of fused-ring (bicyclic) bond motifs is 1. The maximum Gasteiger partial charge on any atom is 0.409 e. The molecule has 1 amide bonds. The fourth-order valence-corrected chi connectivity index (χ4v) is 1.44. The molecule has 0 aliphatic rings. The van der Waals surface area contributed by atoms with E-state index in [4.69, 9.17) is 5.11 Å². The lowest BCUT2D eigenvalue weighted by molar-refractivity contribution is -0.576. The molecule has 2 aromatic rings. The zero-order chi connectivity index (χ0) is 10.8. The molecule has 1 heterocycles. The molecule has 0 aliphatic carbocycles. The molecule has 5 heteroatoms. The second-order valence-electron chi connectivity index (χ2n) is 3.00. The van der Waals surface area contributed by atoms with Crippen LogP contribution in [0.5, 0.6) is 0 Å². The molecule has 1 aromatic carbocycles. The predicted octanol–water partition coefficient (Wildman–Crippen LogP) is 1.56. The van der Waals surface area contributed by atoms with Crippen molar-refractivity contribution in [2.75, 3.05) is 5.32 Å². The Morgan fingerprint density at radius 2 is 2.13 bits per heavy atom. The highest BCUT2D eigenvalue weighted by Gasteiger charge is 2.08. The van der Waals surface area contributed by atoms with E-state index in [0.29, 0.717) is 21.3 Å². The van der Waals surface area contributed by atoms with Crippen LogP contribution in [-0.2, 0) is 0 Å². The van der Waals surface area contributed by atoms with Crippen LogP contribution in [0.4, 0.5) is 10.5 Å². The number of amides is 1. The monoisotopic (exact) mass is 204 g/mol. The molecule has 0 atom stereocenters. The van der Waals surface area contributed by atoms with E-state index in [-0.39, 0.29) is 0 Å². The molecule has 0 spiro atoms. The van der Waals surface area contributed by atoms with Crippen LogP contribution >= 0.6 is 0 Å². The first-order valence-corrected chi connectivity index (χ1v) is 4.29. The average molecular weight is 204 g/mol. The third kappa shape index (κ3) is 1.67. The highest BCUT2D eigenvalue weighted by Crippen LogP contribution is 2.20. The number of hydrogen-bond acceptors (Lipinski definition) is 2. The summed E-state index contributed by atoms with van der Waals surface area (Å²) in [6.45, 7) is 0. The van der Waals surface area contributed by atoms with E-state index in [0.717, 1.165) is 0 Å². The molecule has 1 aromatic heterocycles. The van der Waals surface area contributed by atoms with Crippen LogP contribution in [0.25, 0.3) is 10.9 Å². The lowest BCUT2D eigenvalue weighted by atomic mass is 10.2. The molecule has 5 nitrogen and oxygen atoms in total. The van der Waals surface area contributed by atoms with E-state index < -0.39 is 6.09 Å². The first-order chi connectivity index (χ1) is 7.18. The van der Waals surface area contributed by atoms with Gasteiger partial charge >= 0.3 is 6.09 Å². The third-order valence-electron chi connectivity index (χ3n) is 2.05. The summed E-state index contributed by atoms with van der Waals surface area (Å²) < 4.78 is 0.697. The van der Waals surface area contributed by atoms with Crippen molar-refractivity contribution in [2.24, 2.45) is 0 Å². The molecule has 2 N–H and O–H groups in total. The molecule has 76 valence electrons. The highest BCUT2D eigenvalue weighted by molar-refractivity contribution is 5.96. The van der Waals surface area contributed by atoms with Gasteiger partial charge in [-0.2, -0.15) is 4.73 Å². The van der Waals surface area contributed by atoms with Crippen LogP contribution in [0, 0.1) is 5.21 Å². The lowest BCUT2D eigenvalue weighted by Gasteiger charge is -2.05. The van der Waals surface area contributed by atoms with Crippen molar-refractivity contribution in [3.63, 3.8) is 0 Å². The number of aromatic nitrogens is 1. The van der Waals surface area contributed by atoms with Gasteiger partial charge in [-0.3, -0.25) is 5.32 Å². The van der Waals surface area contributed by atoms with Crippen LogP contribution in [0.3, 0.4) is 0 Å². The molecular weight excluding hydrogens is 196 g/mol. The van der Waals surface area contributed by atoms with Gasteiger partial charge in [-0.25, -0.2) is 4.79 Å². The number of nitrogens with zero attached hydrogens (tertiary/aromatic N) is 1. The minimum atomic E-state index is -1.15. The summed E-state index contributed by atoms with van der Waals surface area (Å²) in [7, 11) is 0. The zero-order valence-electron chi connectivity index (χ0n) is 7.68. The normalized spacial score (nSPS) is 10.1. The second-order valence-corrected chi connectivity index (χ2v) is 3.00. The first-order valence-electron chi connectivity index (χ1n) is 4.29. The molecule has 0 saturated heterocycles. The quantitative estimate of drug-likeness (QED) is 0.546. The van der Waals surface area contributed by atoms with Gasteiger partial charge in [0.1, 0.15) is 0 Å². The van der Waals surface area contributed by atoms with E-state index in [1.54, 1.807) is 30.3 Å². The Bertz CT molecular complexity index is 525.